The van der Waals surface area contributed by atoms with Crippen LogP contribution < -0.4 is 0 Å². The molecule has 0 bridgehead atoms. The van der Waals surface area contributed by atoms with Crippen molar-refractivity contribution >= 4 is 11.8 Å². The normalized spacial score (nSPS) is 10.8. The maximum absolute atomic E-state index is 3.75. The van der Waals surface area contributed by atoms with E-state index in [-0.39, 0.29) is 0 Å². The van der Waals surface area contributed by atoms with Gasteiger partial charge in [-0.25, -0.2) is 0 Å². The Labute approximate surface area is 133 Å². The molecule has 0 N–H and O–H groups in total. The molecule has 0 rings (SSSR count). The van der Waals surface area contributed by atoms with Gasteiger partial charge in [-0.1, -0.05) is 96.5 Å². The van der Waals surface area contributed by atoms with Crippen molar-refractivity contribution < 1.29 is 0 Å². The number of unbranched alkanes of at least 4 members (excludes halogenated alkanes) is 13. The summed E-state index contributed by atoms with van der Waals surface area (Å²) in [7, 11) is 0. The van der Waals surface area contributed by atoms with Crippen molar-refractivity contribution in [2.24, 2.45) is 0 Å². The smallest absolute Gasteiger partial charge is 0.0110 e. The van der Waals surface area contributed by atoms with Crippen LogP contribution in [0.25, 0.3) is 0 Å². The number of hydrogen-bond donors (Lipinski definition) is 0. The lowest BCUT2D eigenvalue weighted by Crippen LogP contribution is -1.84. The Kier molecular flexibility index (Phi) is 19.2. The third-order valence-corrected chi connectivity index (χ3v) is 4.93. The molecule has 0 aliphatic carbocycles. The highest BCUT2D eigenvalue weighted by molar-refractivity contribution is 7.99. The predicted octanol–water partition coefficient (Wildman–Crippen LogP) is 7.39. The zero-order valence-corrected chi connectivity index (χ0v) is 14.8. The number of rotatable bonds is 17. The van der Waals surface area contributed by atoms with Gasteiger partial charge >= 0.3 is 0 Å². The van der Waals surface area contributed by atoms with Gasteiger partial charge in [0.05, 0.1) is 0 Å². The van der Waals surface area contributed by atoms with Crippen molar-refractivity contribution in [1.29, 1.82) is 0 Å². The second-order valence-corrected chi connectivity index (χ2v) is 7.11. The predicted molar refractivity (Wildman–Crippen MR) is 97.8 cm³/mol. The summed E-state index contributed by atoms with van der Waals surface area (Å²) in [6, 6.07) is 0. The molecule has 0 aromatic carbocycles. The number of hydrogen-bond acceptors (Lipinski definition) is 1. The van der Waals surface area contributed by atoms with E-state index in [1.54, 1.807) is 0 Å². The topological polar surface area (TPSA) is 0 Å². The molecule has 0 aromatic heterocycles. The maximum atomic E-state index is 3.75. The van der Waals surface area contributed by atoms with E-state index < -0.39 is 0 Å². The van der Waals surface area contributed by atoms with Crippen LogP contribution in [-0.4, -0.2) is 11.5 Å². The molecule has 0 nitrogen and oxygen atoms in total. The molecular formula is C19H38S. The van der Waals surface area contributed by atoms with Crippen LogP contribution in [0.5, 0.6) is 0 Å². The molecule has 0 heterocycles. The molecule has 0 amide bonds. The summed E-state index contributed by atoms with van der Waals surface area (Å²) in [6.07, 6.45) is 22.3. The van der Waals surface area contributed by atoms with Crippen molar-refractivity contribution in [3.63, 3.8) is 0 Å². The molecule has 0 aliphatic heterocycles. The SMILES string of the molecule is C=CCSCCCCCCCCCCCCCCCC. The Balaban J connectivity index is 2.90. The Morgan fingerprint density at radius 3 is 1.45 bits per heavy atom. The molecule has 0 aromatic rings. The molecule has 20 heavy (non-hydrogen) atoms. The fraction of sp³-hybridized carbons (Fsp3) is 0.895. The van der Waals surface area contributed by atoms with Gasteiger partial charge in [0.15, 0.2) is 0 Å². The summed E-state index contributed by atoms with van der Waals surface area (Å²) in [4.78, 5) is 0. The highest BCUT2D eigenvalue weighted by Crippen LogP contribution is 2.13. The van der Waals surface area contributed by atoms with Crippen LogP contribution in [-0.2, 0) is 0 Å². The van der Waals surface area contributed by atoms with E-state index in [0.29, 0.717) is 0 Å². The molecule has 1 heteroatoms. The van der Waals surface area contributed by atoms with Crippen molar-refractivity contribution in [3.8, 4) is 0 Å². The molecule has 0 atom stereocenters. The van der Waals surface area contributed by atoms with Crippen LogP contribution >= 0.6 is 11.8 Å². The quantitative estimate of drug-likeness (QED) is 0.199. The molecular weight excluding hydrogens is 260 g/mol. The minimum atomic E-state index is 1.12. The molecule has 0 saturated heterocycles. The van der Waals surface area contributed by atoms with E-state index in [1.807, 2.05) is 17.8 Å². The first kappa shape index (κ1) is 20.1. The summed E-state index contributed by atoms with van der Waals surface area (Å²) in [6.45, 7) is 6.04. The van der Waals surface area contributed by atoms with Crippen LogP contribution in [0, 0.1) is 0 Å². The fourth-order valence-electron chi connectivity index (χ4n) is 2.57. The molecule has 120 valence electrons. The van der Waals surface area contributed by atoms with Gasteiger partial charge in [-0.2, -0.15) is 11.8 Å². The first-order valence-corrected chi connectivity index (χ1v) is 10.3. The highest BCUT2D eigenvalue weighted by Gasteiger charge is 1.94. The average Bonchev–Trinajstić information content (AvgIpc) is 2.47. The van der Waals surface area contributed by atoms with Crippen molar-refractivity contribution in [2.75, 3.05) is 11.5 Å². The van der Waals surface area contributed by atoms with Crippen LogP contribution in [0.2, 0.25) is 0 Å². The lowest BCUT2D eigenvalue weighted by molar-refractivity contribution is 0.538. The first-order chi connectivity index (χ1) is 9.91. The summed E-state index contributed by atoms with van der Waals surface area (Å²) < 4.78 is 0. The Morgan fingerprint density at radius 2 is 1.05 bits per heavy atom. The summed E-state index contributed by atoms with van der Waals surface area (Å²) in [5.74, 6) is 2.45. The van der Waals surface area contributed by atoms with E-state index in [9.17, 15) is 0 Å². The van der Waals surface area contributed by atoms with E-state index in [4.69, 9.17) is 0 Å². The molecule has 0 saturated carbocycles. The Hall–Kier alpha value is 0.0900. The summed E-state index contributed by atoms with van der Waals surface area (Å²) >= 11 is 2.02. The maximum Gasteiger partial charge on any atom is 0.0110 e. The van der Waals surface area contributed by atoms with Crippen LogP contribution in [0.3, 0.4) is 0 Å². The monoisotopic (exact) mass is 298 g/mol. The van der Waals surface area contributed by atoms with Gasteiger partial charge in [0.2, 0.25) is 0 Å². The lowest BCUT2D eigenvalue weighted by atomic mass is 10.0. The third kappa shape index (κ3) is 18.1. The molecule has 0 aliphatic rings. The Morgan fingerprint density at radius 1 is 0.650 bits per heavy atom. The zero-order chi connectivity index (χ0) is 14.7. The van der Waals surface area contributed by atoms with Gasteiger partial charge in [-0.15, -0.1) is 6.58 Å². The minimum absolute atomic E-state index is 1.12. The van der Waals surface area contributed by atoms with Crippen LogP contribution in [0.15, 0.2) is 12.7 Å². The molecule has 0 radical (unpaired) electrons. The standard InChI is InChI=1S/C19H38S/c1-3-5-6-7-8-9-10-11-12-13-14-15-16-17-19-20-18-4-2/h4H,2-3,5-19H2,1H3. The largest absolute Gasteiger partial charge is 0.158 e. The van der Waals surface area contributed by atoms with Crippen LogP contribution in [0.4, 0.5) is 0 Å². The Bertz CT molecular complexity index is 177. The van der Waals surface area contributed by atoms with Gasteiger partial charge in [0.1, 0.15) is 0 Å². The van der Waals surface area contributed by atoms with Gasteiger partial charge in [-0.05, 0) is 12.2 Å². The zero-order valence-electron chi connectivity index (χ0n) is 14.0. The van der Waals surface area contributed by atoms with Gasteiger partial charge in [0, 0.05) is 5.75 Å². The third-order valence-electron chi connectivity index (χ3n) is 3.88. The minimum Gasteiger partial charge on any atom is -0.158 e. The van der Waals surface area contributed by atoms with Gasteiger partial charge < -0.3 is 0 Å². The molecule has 0 spiro atoms. The summed E-state index contributed by atoms with van der Waals surface area (Å²) in [5, 5.41) is 0. The van der Waals surface area contributed by atoms with Gasteiger partial charge in [0.25, 0.3) is 0 Å². The number of thioether (sulfide) groups is 1. The van der Waals surface area contributed by atoms with Gasteiger partial charge in [-0.3, -0.25) is 0 Å². The first-order valence-electron chi connectivity index (χ1n) is 9.10. The van der Waals surface area contributed by atoms with E-state index >= 15 is 0 Å². The van der Waals surface area contributed by atoms with Crippen molar-refractivity contribution in [3.05, 3.63) is 12.7 Å². The van der Waals surface area contributed by atoms with E-state index in [0.717, 1.165) is 5.75 Å². The lowest BCUT2D eigenvalue weighted by Gasteiger charge is -2.03. The fourth-order valence-corrected chi connectivity index (χ4v) is 3.31. The second kappa shape index (κ2) is 19.1. The van der Waals surface area contributed by atoms with E-state index in [2.05, 4.69) is 13.5 Å². The van der Waals surface area contributed by atoms with Crippen molar-refractivity contribution in [2.45, 2.75) is 96.8 Å². The summed E-state index contributed by atoms with van der Waals surface area (Å²) in [5.41, 5.74) is 0. The molecule has 0 unspecified atom stereocenters. The van der Waals surface area contributed by atoms with Crippen LogP contribution in [0.1, 0.15) is 96.8 Å². The highest BCUT2D eigenvalue weighted by atomic mass is 32.2. The second-order valence-electron chi connectivity index (χ2n) is 5.96. The average molecular weight is 299 g/mol. The van der Waals surface area contributed by atoms with E-state index in [1.165, 1.54) is 95.6 Å². The van der Waals surface area contributed by atoms with Crippen molar-refractivity contribution in [1.82, 2.24) is 0 Å². The molecule has 0 fully saturated rings.